The zero-order valence-electron chi connectivity index (χ0n) is 14.6. The first kappa shape index (κ1) is 18.2. The Morgan fingerprint density at radius 2 is 2.00 bits per heavy atom. The van der Waals surface area contributed by atoms with E-state index in [2.05, 4.69) is 30.7 Å². The van der Waals surface area contributed by atoms with Crippen molar-refractivity contribution in [2.45, 2.75) is 51.5 Å². The monoisotopic (exact) mass is 364 g/mol. The van der Waals surface area contributed by atoms with Crippen LogP contribution in [-0.2, 0) is 5.88 Å². The maximum absolute atomic E-state index is 12.5. The first-order chi connectivity index (χ1) is 11.9. The van der Waals surface area contributed by atoms with Gasteiger partial charge in [0.15, 0.2) is 0 Å². The van der Waals surface area contributed by atoms with E-state index in [-0.39, 0.29) is 11.2 Å². The predicted octanol–water partition coefficient (Wildman–Crippen LogP) is 6.99. The van der Waals surface area contributed by atoms with Crippen molar-refractivity contribution < 1.29 is 13.5 Å². The molecule has 0 bridgehead atoms. The Kier molecular flexibility index (Phi) is 5.33. The lowest BCUT2D eigenvalue weighted by Gasteiger charge is -2.29. The Labute approximate surface area is 153 Å². The van der Waals surface area contributed by atoms with Gasteiger partial charge in [0.25, 0.3) is 0 Å². The van der Waals surface area contributed by atoms with Crippen LogP contribution in [0.3, 0.4) is 0 Å². The molecule has 2 aromatic carbocycles. The summed E-state index contributed by atoms with van der Waals surface area (Å²) < 4.78 is 29.7. The average molecular weight is 365 g/mol. The molecule has 0 spiro atoms. The van der Waals surface area contributed by atoms with Gasteiger partial charge in [0, 0.05) is 5.88 Å². The van der Waals surface area contributed by atoms with Crippen LogP contribution >= 0.6 is 11.6 Å². The Hall–Kier alpha value is -1.61. The van der Waals surface area contributed by atoms with Crippen molar-refractivity contribution in [1.82, 2.24) is 0 Å². The van der Waals surface area contributed by atoms with Gasteiger partial charge in [-0.05, 0) is 58.6 Å². The molecular formula is C21H23ClF2O. The molecule has 0 radical (unpaired) electrons. The van der Waals surface area contributed by atoms with E-state index in [1.807, 2.05) is 12.1 Å². The summed E-state index contributed by atoms with van der Waals surface area (Å²) in [4.78, 5) is 0. The molecule has 1 nitrogen and oxygen atoms in total. The van der Waals surface area contributed by atoms with Gasteiger partial charge in [-0.25, -0.2) is 0 Å². The molecule has 1 aliphatic carbocycles. The lowest BCUT2D eigenvalue weighted by molar-refractivity contribution is -0.0498. The van der Waals surface area contributed by atoms with E-state index in [9.17, 15) is 8.78 Å². The third-order valence-electron chi connectivity index (χ3n) is 5.27. The fourth-order valence-corrected chi connectivity index (χ4v) is 4.16. The van der Waals surface area contributed by atoms with Crippen LogP contribution in [0.4, 0.5) is 8.78 Å². The van der Waals surface area contributed by atoms with Crippen LogP contribution in [0.15, 0.2) is 42.5 Å². The van der Waals surface area contributed by atoms with Crippen LogP contribution in [0.5, 0.6) is 5.75 Å². The number of rotatable bonds is 5. The lowest BCUT2D eigenvalue weighted by atomic mass is 9.75. The van der Waals surface area contributed by atoms with Gasteiger partial charge in [-0.3, -0.25) is 0 Å². The second-order valence-electron chi connectivity index (χ2n) is 7.39. The summed E-state index contributed by atoms with van der Waals surface area (Å²) in [6.07, 6.45) is 3.53. The van der Waals surface area contributed by atoms with Crippen molar-refractivity contribution in [3.8, 4) is 16.9 Å². The smallest absolute Gasteiger partial charge is 0.387 e. The van der Waals surface area contributed by atoms with Gasteiger partial charge in [0.2, 0.25) is 0 Å². The first-order valence-corrected chi connectivity index (χ1v) is 9.18. The first-order valence-electron chi connectivity index (χ1n) is 8.65. The van der Waals surface area contributed by atoms with Gasteiger partial charge in [-0.15, -0.1) is 11.6 Å². The van der Waals surface area contributed by atoms with E-state index in [1.54, 1.807) is 18.2 Å². The number of hydrogen-bond donors (Lipinski definition) is 0. The molecule has 0 amide bonds. The highest BCUT2D eigenvalue weighted by Crippen LogP contribution is 2.51. The minimum absolute atomic E-state index is 0.186. The molecule has 4 heteroatoms. The second kappa shape index (κ2) is 7.33. The SMILES string of the molecule is CC1(C)CCCC1c1cc(CCl)ccc1-c1cccc(OC(F)F)c1. The highest BCUT2D eigenvalue weighted by atomic mass is 35.5. The Morgan fingerprint density at radius 3 is 2.64 bits per heavy atom. The van der Waals surface area contributed by atoms with Gasteiger partial charge >= 0.3 is 6.61 Å². The fraction of sp³-hybridized carbons (Fsp3) is 0.429. The number of benzene rings is 2. The second-order valence-corrected chi connectivity index (χ2v) is 7.66. The standard InChI is InChI=1S/C21H23ClF2O/c1-21(2)10-4-7-19(21)18-11-14(13-22)8-9-17(18)15-5-3-6-16(12-15)25-20(23)24/h3,5-6,8-9,11-12,19-20H,4,7,10,13H2,1-2H3. The molecule has 1 fully saturated rings. The number of ether oxygens (including phenoxy) is 1. The summed E-state index contributed by atoms with van der Waals surface area (Å²) in [5, 5.41) is 0. The number of hydrogen-bond acceptors (Lipinski definition) is 1. The Balaban J connectivity index is 2.07. The Bertz CT molecular complexity index is 742. The van der Waals surface area contributed by atoms with Gasteiger partial charge < -0.3 is 4.74 Å². The molecule has 0 aromatic heterocycles. The lowest BCUT2D eigenvalue weighted by Crippen LogP contribution is -2.16. The normalized spacial score (nSPS) is 19.4. The van der Waals surface area contributed by atoms with Crippen LogP contribution in [0.1, 0.15) is 50.2 Å². The van der Waals surface area contributed by atoms with Crippen LogP contribution in [0, 0.1) is 5.41 Å². The summed E-state index contributed by atoms with van der Waals surface area (Å²) in [6, 6.07) is 13.2. The molecule has 25 heavy (non-hydrogen) atoms. The molecule has 0 heterocycles. The van der Waals surface area contributed by atoms with E-state index in [1.165, 1.54) is 18.4 Å². The third kappa shape index (κ3) is 3.98. The molecule has 0 N–H and O–H groups in total. The summed E-state index contributed by atoms with van der Waals surface area (Å²) >= 11 is 6.05. The minimum atomic E-state index is -2.82. The number of alkyl halides is 3. The third-order valence-corrected chi connectivity index (χ3v) is 5.58. The Morgan fingerprint density at radius 1 is 1.20 bits per heavy atom. The molecule has 1 aliphatic rings. The van der Waals surface area contributed by atoms with Gasteiger partial charge in [-0.2, -0.15) is 8.78 Å². The fourth-order valence-electron chi connectivity index (χ4n) is 3.99. The minimum Gasteiger partial charge on any atom is -0.435 e. The van der Waals surface area contributed by atoms with Crippen LogP contribution < -0.4 is 4.74 Å². The van der Waals surface area contributed by atoms with E-state index in [4.69, 9.17) is 11.6 Å². The largest absolute Gasteiger partial charge is 0.435 e. The highest BCUT2D eigenvalue weighted by molar-refractivity contribution is 6.17. The van der Waals surface area contributed by atoms with E-state index >= 15 is 0 Å². The maximum Gasteiger partial charge on any atom is 0.387 e. The molecule has 0 saturated heterocycles. The molecule has 3 rings (SSSR count). The molecule has 1 saturated carbocycles. The molecular weight excluding hydrogens is 342 g/mol. The van der Waals surface area contributed by atoms with Crippen LogP contribution in [0.2, 0.25) is 0 Å². The quantitative estimate of drug-likeness (QED) is 0.519. The zero-order valence-corrected chi connectivity index (χ0v) is 15.3. The molecule has 1 unspecified atom stereocenters. The zero-order chi connectivity index (χ0) is 18.0. The summed E-state index contributed by atoms with van der Waals surface area (Å²) in [7, 11) is 0. The molecule has 134 valence electrons. The molecule has 1 atom stereocenters. The van der Waals surface area contributed by atoms with Crippen molar-refractivity contribution in [2.75, 3.05) is 0 Å². The highest BCUT2D eigenvalue weighted by Gasteiger charge is 2.36. The molecule has 2 aromatic rings. The van der Waals surface area contributed by atoms with Crippen molar-refractivity contribution in [2.24, 2.45) is 5.41 Å². The van der Waals surface area contributed by atoms with Crippen molar-refractivity contribution in [1.29, 1.82) is 0 Å². The van der Waals surface area contributed by atoms with Gasteiger partial charge in [0.1, 0.15) is 5.75 Å². The van der Waals surface area contributed by atoms with E-state index in [0.29, 0.717) is 11.8 Å². The molecule has 0 aliphatic heterocycles. The number of halogens is 3. The summed E-state index contributed by atoms with van der Waals surface area (Å²) in [6.45, 7) is 1.79. The van der Waals surface area contributed by atoms with E-state index in [0.717, 1.165) is 23.1 Å². The topological polar surface area (TPSA) is 9.23 Å². The van der Waals surface area contributed by atoms with Crippen molar-refractivity contribution in [3.05, 3.63) is 53.6 Å². The van der Waals surface area contributed by atoms with Crippen molar-refractivity contribution >= 4 is 11.6 Å². The van der Waals surface area contributed by atoms with Gasteiger partial charge in [-0.1, -0.05) is 50.6 Å². The van der Waals surface area contributed by atoms with Crippen molar-refractivity contribution in [3.63, 3.8) is 0 Å². The van der Waals surface area contributed by atoms with E-state index < -0.39 is 6.61 Å². The van der Waals surface area contributed by atoms with Gasteiger partial charge in [0.05, 0.1) is 0 Å². The maximum atomic E-state index is 12.5. The summed E-state index contributed by atoms with van der Waals surface area (Å²) in [5.41, 5.74) is 4.54. The predicted molar refractivity (Wildman–Crippen MR) is 98.4 cm³/mol. The average Bonchev–Trinajstić information content (AvgIpc) is 2.93. The summed E-state index contributed by atoms with van der Waals surface area (Å²) in [5.74, 6) is 1.09. The van der Waals surface area contributed by atoms with Crippen LogP contribution in [-0.4, -0.2) is 6.61 Å². The van der Waals surface area contributed by atoms with Crippen LogP contribution in [0.25, 0.3) is 11.1 Å².